The number of piperidine rings is 1. The number of carbonyl (C=O) groups excluding carboxylic acids is 2. The molecule has 0 aliphatic carbocycles. The van der Waals surface area contributed by atoms with E-state index in [9.17, 15) is 23.6 Å². The molecule has 1 fully saturated rings. The van der Waals surface area contributed by atoms with Crippen LogP contribution in [0.5, 0.6) is 0 Å². The third-order valence-corrected chi connectivity index (χ3v) is 5.75. The van der Waals surface area contributed by atoms with E-state index in [2.05, 4.69) is 0 Å². The maximum absolute atomic E-state index is 13.3. The summed E-state index contributed by atoms with van der Waals surface area (Å²) in [5.41, 5.74) is 10.5. The van der Waals surface area contributed by atoms with Gasteiger partial charge in [-0.2, -0.15) is 0 Å². The molecule has 4 N–H and O–H groups in total. The summed E-state index contributed by atoms with van der Waals surface area (Å²) in [6.45, 7) is 3.56. The molecule has 2 heterocycles. The quantitative estimate of drug-likeness (QED) is 0.608. The first-order chi connectivity index (χ1) is 15.1. The summed E-state index contributed by atoms with van der Waals surface area (Å²) in [7, 11) is 0. The minimum absolute atomic E-state index is 0.0359. The molecule has 32 heavy (non-hydrogen) atoms. The molecule has 0 unspecified atom stereocenters. The van der Waals surface area contributed by atoms with Crippen LogP contribution < -0.4 is 22.7 Å². The number of Topliss-reactive ketones (excluding diaryl/α,β-unsaturated/α-hetero) is 1. The Balaban J connectivity index is 2.06. The van der Waals surface area contributed by atoms with Crippen molar-refractivity contribution < 1.29 is 14.0 Å². The SMILES string of the molecule is CC(C)n1c(=O)c(C(=O)CN2CCCC[C@@H]2C(N)=O)c(N)n(Cc2ccc(F)cc2)c1=O. The van der Waals surface area contributed by atoms with E-state index in [1.54, 1.807) is 18.7 Å². The second-order valence-corrected chi connectivity index (χ2v) is 8.33. The van der Waals surface area contributed by atoms with Crippen LogP contribution in [-0.4, -0.2) is 44.9 Å². The molecule has 0 bridgehead atoms. The lowest BCUT2D eigenvalue weighted by Gasteiger charge is -2.33. The topological polar surface area (TPSA) is 133 Å². The van der Waals surface area contributed by atoms with Gasteiger partial charge in [0.2, 0.25) is 5.91 Å². The number of nitrogens with two attached hydrogens (primary N) is 2. The number of nitrogen functional groups attached to an aromatic ring is 1. The monoisotopic (exact) mass is 445 g/mol. The first-order valence-corrected chi connectivity index (χ1v) is 10.6. The molecular weight excluding hydrogens is 417 g/mol. The van der Waals surface area contributed by atoms with Crippen molar-refractivity contribution in [2.75, 3.05) is 18.8 Å². The number of hydrogen-bond donors (Lipinski definition) is 2. The molecule has 0 spiro atoms. The lowest BCUT2D eigenvalue weighted by molar-refractivity contribution is -0.124. The van der Waals surface area contributed by atoms with Crippen molar-refractivity contribution in [1.82, 2.24) is 14.0 Å². The summed E-state index contributed by atoms with van der Waals surface area (Å²) < 4.78 is 15.4. The Morgan fingerprint density at radius 1 is 1.16 bits per heavy atom. The number of ketones is 1. The highest BCUT2D eigenvalue weighted by molar-refractivity contribution is 6.01. The van der Waals surface area contributed by atoms with E-state index >= 15 is 0 Å². The van der Waals surface area contributed by atoms with Gasteiger partial charge in [0.15, 0.2) is 5.78 Å². The highest BCUT2D eigenvalue weighted by Crippen LogP contribution is 2.18. The molecule has 1 amide bonds. The van der Waals surface area contributed by atoms with E-state index in [4.69, 9.17) is 11.5 Å². The number of nitrogens with zero attached hydrogens (tertiary/aromatic N) is 3. The number of aromatic nitrogens is 2. The molecule has 1 atom stereocenters. The highest BCUT2D eigenvalue weighted by atomic mass is 19.1. The molecular formula is C22H28FN5O4. The Kier molecular flexibility index (Phi) is 6.93. The fourth-order valence-corrected chi connectivity index (χ4v) is 4.09. The molecule has 2 aromatic rings. The number of likely N-dealkylation sites (tertiary alicyclic amines) is 1. The van der Waals surface area contributed by atoms with Gasteiger partial charge in [-0.05, 0) is 50.9 Å². The zero-order chi connectivity index (χ0) is 23.6. The first kappa shape index (κ1) is 23.4. The summed E-state index contributed by atoms with van der Waals surface area (Å²) in [5, 5.41) is 0. The van der Waals surface area contributed by atoms with Crippen LogP contribution >= 0.6 is 0 Å². The fourth-order valence-electron chi connectivity index (χ4n) is 4.09. The predicted molar refractivity (Wildman–Crippen MR) is 118 cm³/mol. The van der Waals surface area contributed by atoms with Crippen molar-refractivity contribution in [3.05, 3.63) is 62.0 Å². The van der Waals surface area contributed by atoms with E-state index in [1.807, 2.05) is 0 Å². The molecule has 1 saturated heterocycles. The number of halogens is 1. The Morgan fingerprint density at radius 3 is 2.41 bits per heavy atom. The van der Waals surface area contributed by atoms with Gasteiger partial charge in [0, 0.05) is 6.04 Å². The Labute approximate surface area is 184 Å². The van der Waals surface area contributed by atoms with Crippen LogP contribution in [0.2, 0.25) is 0 Å². The Morgan fingerprint density at radius 2 is 1.81 bits per heavy atom. The summed E-state index contributed by atoms with van der Waals surface area (Å²) in [5.74, 6) is -1.78. The smallest absolute Gasteiger partial charge is 0.333 e. The number of amides is 1. The number of primary amides is 1. The zero-order valence-electron chi connectivity index (χ0n) is 18.2. The predicted octanol–water partition coefficient (Wildman–Crippen LogP) is 0.883. The van der Waals surface area contributed by atoms with Gasteiger partial charge >= 0.3 is 5.69 Å². The van der Waals surface area contributed by atoms with Gasteiger partial charge in [-0.25, -0.2) is 9.18 Å². The van der Waals surface area contributed by atoms with Gasteiger partial charge < -0.3 is 11.5 Å². The maximum atomic E-state index is 13.3. The van der Waals surface area contributed by atoms with E-state index in [0.717, 1.165) is 22.0 Å². The molecule has 10 heteroatoms. The third kappa shape index (κ3) is 4.64. The van der Waals surface area contributed by atoms with Gasteiger partial charge in [-0.3, -0.25) is 28.4 Å². The maximum Gasteiger partial charge on any atom is 0.333 e. The lowest BCUT2D eigenvalue weighted by Crippen LogP contribution is -2.51. The molecule has 0 saturated carbocycles. The standard InChI is InChI=1S/C22H28FN5O4/c1-13(2)28-21(31)18(17(29)12-26-10-4-3-5-16(26)20(25)30)19(24)27(22(28)32)11-14-6-8-15(23)9-7-14/h6-9,13,16H,3-5,10-12,24H2,1-2H3,(H2,25,30)/t16-/m1/s1. The number of rotatable bonds is 7. The normalized spacial score (nSPS) is 16.9. The Hall–Kier alpha value is -3.27. The molecule has 9 nitrogen and oxygen atoms in total. The van der Waals surface area contributed by atoms with E-state index < -0.39 is 40.8 Å². The summed E-state index contributed by atoms with van der Waals surface area (Å²) in [6.07, 6.45) is 2.16. The Bertz CT molecular complexity index is 1140. The van der Waals surface area contributed by atoms with Crippen LogP contribution in [0.3, 0.4) is 0 Å². The molecule has 1 aliphatic heterocycles. The largest absolute Gasteiger partial charge is 0.384 e. The molecule has 0 radical (unpaired) electrons. The van der Waals surface area contributed by atoms with Crippen LogP contribution in [0.4, 0.5) is 10.2 Å². The van der Waals surface area contributed by atoms with Crippen LogP contribution in [0.1, 0.15) is 55.1 Å². The second-order valence-electron chi connectivity index (χ2n) is 8.33. The number of hydrogen-bond acceptors (Lipinski definition) is 6. The van der Waals surface area contributed by atoms with Crippen molar-refractivity contribution in [1.29, 1.82) is 0 Å². The molecule has 1 aliphatic rings. The molecule has 1 aromatic heterocycles. The van der Waals surface area contributed by atoms with E-state index in [1.165, 1.54) is 24.3 Å². The number of carbonyl (C=O) groups is 2. The van der Waals surface area contributed by atoms with Gasteiger partial charge in [-0.1, -0.05) is 18.6 Å². The molecule has 3 rings (SSSR count). The van der Waals surface area contributed by atoms with Gasteiger partial charge in [0.05, 0.1) is 19.1 Å². The minimum atomic E-state index is -0.768. The number of benzene rings is 1. The highest BCUT2D eigenvalue weighted by Gasteiger charge is 2.31. The van der Waals surface area contributed by atoms with Crippen molar-refractivity contribution in [2.45, 2.75) is 51.7 Å². The zero-order valence-corrected chi connectivity index (χ0v) is 18.2. The minimum Gasteiger partial charge on any atom is -0.384 e. The first-order valence-electron chi connectivity index (χ1n) is 10.6. The van der Waals surface area contributed by atoms with Gasteiger partial charge in [0.1, 0.15) is 17.2 Å². The van der Waals surface area contributed by atoms with Crippen LogP contribution in [0.15, 0.2) is 33.9 Å². The third-order valence-electron chi connectivity index (χ3n) is 5.75. The van der Waals surface area contributed by atoms with Crippen molar-refractivity contribution >= 4 is 17.5 Å². The average Bonchev–Trinajstić information content (AvgIpc) is 2.72. The second kappa shape index (κ2) is 9.47. The van der Waals surface area contributed by atoms with Crippen molar-refractivity contribution in [3.8, 4) is 0 Å². The lowest BCUT2D eigenvalue weighted by atomic mass is 10.0. The molecule has 172 valence electrons. The summed E-state index contributed by atoms with van der Waals surface area (Å²) in [4.78, 5) is 52.8. The van der Waals surface area contributed by atoms with Crippen LogP contribution in [-0.2, 0) is 11.3 Å². The van der Waals surface area contributed by atoms with Gasteiger partial charge in [0.25, 0.3) is 5.56 Å². The van der Waals surface area contributed by atoms with Crippen molar-refractivity contribution in [3.63, 3.8) is 0 Å². The summed E-state index contributed by atoms with van der Waals surface area (Å²) in [6, 6.07) is 4.39. The molecule has 1 aromatic carbocycles. The number of anilines is 1. The van der Waals surface area contributed by atoms with Crippen LogP contribution in [0, 0.1) is 5.82 Å². The summed E-state index contributed by atoms with van der Waals surface area (Å²) >= 11 is 0. The van der Waals surface area contributed by atoms with Crippen molar-refractivity contribution in [2.24, 2.45) is 5.73 Å². The van der Waals surface area contributed by atoms with Gasteiger partial charge in [-0.15, -0.1) is 0 Å². The fraction of sp³-hybridized carbons (Fsp3) is 0.455. The average molecular weight is 445 g/mol. The van der Waals surface area contributed by atoms with Crippen LogP contribution in [0.25, 0.3) is 0 Å². The van der Waals surface area contributed by atoms with E-state index in [-0.39, 0.29) is 24.5 Å². The van der Waals surface area contributed by atoms with E-state index in [0.29, 0.717) is 18.5 Å².